The van der Waals surface area contributed by atoms with E-state index in [1.54, 1.807) is 0 Å². The Labute approximate surface area is 177 Å². The fraction of sp³-hybridized carbons (Fsp3) is 0.400. The zero-order valence-corrected chi connectivity index (χ0v) is 18.0. The summed E-state index contributed by atoms with van der Waals surface area (Å²) in [4.78, 5) is 19.6. The Hall–Kier alpha value is -2.79. The van der Waals surface area contributed by atoms with E-state index in [0.717, 1.165) is 65.6 Å². The number of anilines is 2. The third-order valence-corrected chi connectivity index (χ3v) is 7.07. The standard InChI is InChI=1S/C25H30N4O/c1-4-14-11-18-19(13-21(14)29-9-7-15(26)8-10-29)25(2,3)24-22(23(18)30)17-6-5-16(27)12-20(17)28-24/h5-6,11-13,15,28H,4,7-10,26-27H2,1-3H3. The van der Waals surface area contributed by atoms with Gasteiger partial charge in [-0.05, 0) is 54.7 Å². The molecule has 1 aliphatic carbocycles. The summed E-state index contributed by atoms with van der Waals surface area (Å²) < 4.78 is 0. The molecule has 0 bridgehead atoms. The molecule has 5 rings (SSSR count). The first kappa shape index (κ1) is 19.2. The van der Waals surface area contributed by atoms with Gasteiger partial charge in [0.2, 0.25) is 0 Å². The minimum atomic E-state index is -0.306. The molecule has 156 valence electrons. The van der Waals surface area contributed by atoms with Crippen LogP contribution in [0.15, 0.2) is 30.3 Å². The molecule has 5 nitrogen and oxygen atoms in total. The molecule has 5 heteroatoms. The fourth-order valence-electron chi connectivity index (χ4n) is 5.25. The lowest BCUT2D eigenvalue weighted by Crippen LogP contribution is -2.40. The second kappa shape index (κ2) is 6.61. The molecule has 1 fully saturated rings. The zero-order valence-electron chi connectivity index (χ0n) is 18.0. The van der Waals surface area contributed by atoms with Crippen molar-refractivity contribution in [1.82, 2.24) is 4.98 Å². The molecule has 0 saturated carbocycles. The summed E-state index contributed by atoms with van der Waals surface area (Å²) in [6.07, 6.45) is 2.92. The number of aromatic nitrogens is 1. The number of hydrogen-bond acceptors (Lipinski definition) is 4. The van der Waals surface area contributed by atoms with Crippen molar-refractivity contribution in [2.45, 2.75) is 51.5 Å². The van der Waals surface area contributed by atoms with Gasteiger partial charge in [0.05, 0.1) is 5.56 Å². The highest BCUT2D eigenvalue weighted by Crippen LogP contribution is 2.46. The van der Waals surface area contributed by atoms with Gasteiger partial charge in [0.15, 0.2) is 5.78 Å². The molecule has 30 heavy (non-hydrogen) atoms. The highest BCUT2D eigenvalue weighted by Gasteiger charge is 2.40. The second-order valence-electron chi connectivity index (χ2n) is 9.34. The van der Waals surface area contributed by atoms with E-state index in [-0.39, 0.29) is 11.2 Å². The Morgan fingerprint density at radius 3 is 2.60 bits per heavy atom. The van der Waals surface area contributed by atoms with Crippen molar-refractivity contribution in [3.05, 3.63) is 58.3 Å². The van der Waals surface area contributed by atoms with E-state index >= 15 is 0 Å². The molecule has 2 heterocycles. The Morgan fingerprint density at radius 1 is 1.17 bits per heavy atom. The van der Waals surface area contributed by atoms with Gasteiger partial charge in [0.25, 0.3) is 0 Å². The number of carbonyl (C=O) groups excluding carboxylic acids is 1. The van der Waals surface area contributed by atoms with Crippen LogP contribution in [-0.2, 0) is 11.8 Å². The molecule has 2 aliphatic rings. The number of nitrogen functional groups attached to an aromatic ring is 1. The van der Waals surface area contributed by atoms with Gasteiger partial charge in [0.1, 0.15) is 0 Å². The first-order valence-electron chi connectivity index (χ1n) is 11.0. The largest absolute Gasteiger partial charge is 0.399 e. The topological polar surface area (TPSA) is 88.1 Å². The summed E-state index contributed by atoms with van der Waals surface area (Å²) >= 11 is 0. The SMILES string of the molecule is CCc1cc2c(cc1N1CCC(N)CC1)C(C)(C)c1[nH]c3cc(N)ccc3c1C2=O. The van der Waals surface area contributed by atoms with Crippen LogP contribution in [0.5, 0.6) is 0 Å². The average molecular weight is 403 g/mol. The number of piperidine rings is 1. The van der Waals surface area contributed by atoms with Crippen molar-refractivity contribution in [2.24, 2.45) is 5.73 Å². The van der Waals surface area contributed by atoms with Gasteiger partial charge in [-0.3, -0.25) is 4.79 Å². The van der Waals surface area contributed by atoms with Crippen molar-refractivity contribution in [3.63, 3.8) is 0 Å². The van der Waals surface area contributed by atoms with Crippen molar-refractivity contribution in [1.29, 1.82) is 0 Å². The van der Waals surface area contributed by atoms with E-state index in [1.807, 2.05) is 18.2 Å². The van der Waals surface area contributed by atoms with Gasteiger partial charge in [0, 0.05) is 58.1 Å². The van der Waals surface area contributed by atoms with Crippen LogP contribution < -0.4 is 16.4 Å². The molecule has 0 spiro atoms. The van der Waals surface area contributed by atoms with Gasteiger partial charge in [-0.1, -0.05) is 26.8 Å². The zero-order chi connectivity index (χ0) is 21.2. The summed E-state index contributed by atoms with van der Waals surface area (Å²) in [7, 11) is 0. The van der Waals surface area contributed by atoms with E-state index < -0.39 is 0 Å². The minimum Gasteiger partial charge on any atom is -0.399 e. The number of hydrogen-bond donors (Lipinski definition) is 3. The van der Waals surface area contributed by atoms with Crippen LogP contribution in [0.1, 0.15) is 66.4 Å². The minimum absolute atomic E-state index is 0.109. The molecule has 5 N–H and O–H groups in total. The normalized spacial score (nSPS) is 18.5. The maximum Gasteiger partial charge on any atom is 0.195 e. The van der Waals surface area contributed by atoms with E-state index in [0.29, 0.717) is 11.7 Å². The van der Waals surface area contributed by atoms with Gasteiger partial charge < -0.3 is 21.4 Å². The first-order chi connectivity index (χ1) is 14.3. The Morgan fingerprint density at radius 2 is 1.90 bits per heavy atom. The van der Waals surface area contributed by atoms with Crippen LogP contribution in [0.25, 0.3) is 10.9 Å². The predicted molar refractivity (Wildman–Crippen MR) is 124 cm³/mol. The van der Waals surface area contributed by atoms with E-state index in [2.05, 4.69) is 42.8 Å². The number of aryl methyl sites for hydroxylation is 1. The number of benzene rings is 2. The van der Waals surface area contributed by atoms with Crippen LogP contribution in [0, 0.1) is 0 Å². The molecule has 3 aromatic rings. The number of carbonyl (C=O) groups is 1. The molecular formula is C25H30N4O. The number of H-pyrrole nitrogens is 1. The first-order valence-corrected chi connectivity index (χ1v) is 11.0. The van der Waals surface area contributed by atoms with E-state index in [9.17, 15) is 4.79 Å². The summed E-state index contributed by atoms with van der Waals surface area (Å²) in [5.41, 5.74) is 19.7. The number of rotatable bonds is 2. The van der Waals surface area contributed by atoms with Crippen LogP contribution in [0.2, 0.25) is 0 Å². The molecule has 0 atom stereocenters. The monoisotopic (exact) mass is 402 g/mol. The van der Waals surface area contributed by atoms with Crippen LogP contribution >= 0.6 is 0 Å². The Kier molecular flexibility index (Phi) is 4.23. The number of aromatic amines is 1. The molecule has 0 radical (unpaired) electrons. The lowest BCUT2D eigenvalue weighted by Gasteiger charge is -2.37. The Bertz CT molecular complexity index is 1170. The molecule has 1 saturated heterocycles. The van der Waals surface area contributed by atoms with Crippen LogP contribution in [0.3, 0.4) is 0 Å². The number of nitrogens with one attached hydrogen (secondary N) is 1. The Balaban J connectivity index is 1.70. The van der Waals surface area contributed by atoms with Gasteiger partial charge >= 0.3 is 0 Å². The highest BCUT2D eigenvalue weighted by atomic mass is 16.1. The van der Waals surface area contributed by atoms with Crippen molar-refractivity contribution in [3.8, 4) is 0 Å². The van der Waals surface area contributed by atoms with Crippen LogP contribution in [-0.4, -0.2) is 29.9 Å². The number of ketones is 1. The molecule has 0 unspecified atom stereocenters. The van der Waals surface area contributed by atoms with Gasteiger partial charge in [-0.2, -0.15) is 0 Å². The quantitative estimate of drug-likeness (QED) is 0.563. The average Bonchev–Trinajstić information content (AvgIpc) is 3.12. The summed E-state index contributed by atoms with van der Waals surface area (Å²) in [6, 6.07) is 10.5. The fourth-order valence-corrected chi connectivity index (χ4v) is 5.25. The van der Waals surface area contributed by atoms with Crippen molar-refractivity contribution in [2.75, 3.05) is 23.7 Å². The van der Waals surface area contributed by atoms with Crippen molar-refractivity contribution >= 4 is 28.1 Å². The molecule has 0 amide bonds. The lowest BCUT2D eigenvalue weighted by atomic mass is 9.70. The summed E-state index contributed by atoms with van der Waals surface area (Å²) in [5, 5.41) is 0.954. The maximum absolute atomic E-state index is 13.7. The molecular weight excluding hydrogens is 372 g/mol. The van der Waals surface area contributed by atoms with Crippen molar-refractivity contribution < 1.29 is 4.79 Å². The number of nitrogens with zero attached hydrogens (tertiary/aromatic N) is 1. The molecule has 1 aliphatic heterocycles. The number of nitrogens with two attached hydrogens (primary N) is 2. The maximum atomic E-state index is 13.7. The highest BCUT2D eigenvalue weighted by molar-refractivity contribution is 6.20. The van der Waals surface area contributed by atoms with E-state index in [4.69, 9.17) is 11.5 Å². The second-order valence-corrected chi connectivity index (χ2v) is 9.34. The smallest absolute Gasteiger partial charge is 0.195 e. The number of fused-ring (bicyclic) bond motifs is 4. The van der Waals surface area contributed by atoms with E-state index in [1.165, 1.54) is 11.3 Å². The lowest BCUT2D eigenvalue weighted by molar-refractivity contribution is 0.103. The summed E-state index contributed by atoms with van der Waals surface area (Å²) in [5.74, 6) is 0.109. The van der Waals surface area contributed by atoms with Gasteiger partial charge in [-0.15, -0.1) is 0 Å². The summed E-state index contributed by atoms with van der Waals surface area (Å²) in [6.45, 7) is 8.52. The third kappa shape index (κ3) is 2.68. The van der Waals surface area contributed by atoms with Gasteiger partial charge in [-0.25, -0.2) is 0 Å². The molecule has 2 aromatic carbocycles. The third-order valence-electron chi connectivity index (χ3n) is 7.07. The predicted octanol–water partition coefficient (Wildman–Crippen LogP) is 4.11. The van der Waals surface area contributed by atoms with Crippen LogP contribution in [0.4, 0.5) is 11.4 Å². The molecule has 1 aromatic heterocycles.